The summed E-state index contributed by atoms with van der Waals surface area (Å²) >= 11 is 0. The SMILES string of the molecule is COc1cccc(CC=C(N=[N+]=[N-])C(=O)O)c1. The van der Waals surface area contributed by atoms with E-state index in [4.69, 9.17) is 15.4 Å². The number of allylic oxidation sites excluding steroid dienone is 1. The fourth-order valence-corrected chi connectivity index (χ4v) is 1.23. The van der Waals surface area contributed by atoms with Gasteiger partial charge in [-0.15, -0.1) is 0 Å². The van der Waals surface area contributed by atoms with E-state index in [9.17, 15) is 4.79 Å². The molecule has 0 aliphatic rings. The molecule has 1 aromatic carbocycles. The zero-order chi connectivity index (χ0) is 12.7. The molecule has 0 bridgehead atoms. The molecule has 0 radical (unpaired) electrons. The quantitative estimate of drug-likeness (QED) is 0.366. The van der Waals surface area contributed by atoms with Gasteiger partial charge in [0.1, 0.15) is 11.4 Å². The standard InChI is InChI=1S/C11H11N3O3/c1-17-9-4-2-3-8(7-9)5-6-10(11(15)16)13-14-12/h2-4,6-7H,5H2,1H3,(H,15,16). The van der Waals surface area contributed by atoms with Gasteiger partial charge < -0.3 is 9.84 Å². The van der Waals surface area contributed by atoms with Crippen LogP contribution in [0.25, 0.3) is 10.4 Å². The molecule has 1 N–H and O–H groups in total. The van der Waals surface area contributed by atoms with Gasteiger partial charge in [-0.3, -0.25) is 0 Å². The first-order valence-corrected chi connectivity index (χ1v) is 4.79. The Morgan fingerprint density at radius 2 is 2.41 bits per heavy atom. The summed E-state index contributed by atoms with van der Waals surface area (Å²) < 4.78 is 5.04. The third kappa shape index (κ3) is 3.89. The van der Waals surface area contributed by atoms with Crippen LogP contribution in [0.2, 0.25) is 0 Å². The van der Waals surface area contributed by atoms with Gasteiger partial charge in [-0.25, -0.2) is 4.79 Å². The zero-order valence-electron chi connectivity index (χ0n) is 9.20. The molecule has 0 unspecified atom stereocenters. The van der Waals surface area contributed by atoms with Crippen LogP contribution in [-0.2, 0) is 11.2 Å². The Labute approximate surface area is 97.8 Å². The number of hydrogen-bond donors (Lipinski definition) is 1. The lowest BCUT2D eigenvalue weighted by Gasteiger charge is -2.01. The molecule has 0 aliphatic carbocycles. The summed E-state index contributed by atoms with van der Waals surface area (Å²) in [6, 6.07) is 7.20. The molecule has 0 heterocycles. The Kier molecular flexibility index (Phi) is 4.59. The van der Waals surface area contributed by atoms with Crippen molar-refractivity contribution < 1.29 is 14.6 Å². The second kappa shape index (κ2) is 6.19. The van der Waals surface area contributed by atoms with Crippen molar-refractivity contribution in [2.75, 3.05) is 7.11 Å². The van der Waals surface area contributed by atoms with Crippen molar-refractivity contribution in [2.45, 2.75) is 6.42 Å². The maximum Gasteiger partial charge on any atom is 0.337 e. The molecule has 6 nitrogen and oxygen atoms in total. The van der Waals surface area contributed by atoms with Crippen molar-refractivity contribution in [3.8, 4) is 5.75 Å². The minimum Gasteiger partial charge on any atom is -0.497 e. The second-order valence-electron chi connectivity index (χ2n) is 3.14. The summed E-state index contributed by atoms with van der Waals surface area (Å²) in [4.78, 5) is 13.1. The smallest absolute Gasteiger partial charge is 0.337 e. The Morgan fingerprint density at radius 3 is 3.00 bits per heavy atom. The summed E-state index contributed by atoms with van der Waals surface area (Å²) in [7, 11) is 1.55. The maximum atomic E-state index is 10.7. The Morgan fingerprint density at radius 1 is 1.65 bits per heavy atom. The number of benzene rings is 1. The van der Waals surface area contributed by atoms with Gasteiger partial charge in [0, 0.05) is 4.91 Å². The van der Waals surface area contributed by atoms with E-state index in [1.807, 2.05) is 6.07 Å². The van der Waals surface area contributed by atoms with Crippen molar-refractivity contribution in [1.82, 2.24) is 0 Å². The number of ether oxygens (including phenoxy) is 1. The van der Waals surface area contributed by atoms with Crippen molar-refractivity contribution in [3.63, 3.8) is 0 Å². The van der Waals surface area contributed by atoms with Gasteiger partial charge in [-0.05, 0) is 29.6 Å². The van der Waals surface area contributed by atoms with Crippen LogP contribution >= 0.6 is 0 Å². The molecule has 0 atom stereocenters. The van der Waals surface area contributed by atoms with Crippen LogP contribution in [0.3, 0.4) is 0 Å². The predicted octanol–water partition coefficient (Wildman–Crippen LogP) is 2.52. The van der Waals surface area contributed by atoms with E-state index in [-0.39, 0.29) is 5.70 Å². The van der Waals surface area contributed by atoms with E-state index in [1.165, 1.54) is 6.08 Å². The van der Waals surface area contributed by atoms with Gasteiger partial charge in [-0.2, -0.15) is 0 Å². The largest absolute Gasteiger partial charge is 0.497 e. The maximum absolute atomic E-state index is 10.7. The van der Waals surface area contributed by atoms with E-state index in [0.29, 0.717) is 12.2 Å². The first-order chi connectivity index (χ1) is 8.17. The zero-order valence-corrected chi connectivity index (χ0v) is 9.20. The lowest BCUT2D eigenvalue weighted by atomic mass is 10.1. The number of aliphatic carboxylic acids is 1. The third-order valence-electron chi connectivity index (χ3n) is 2.04. The topological polar surface area (TPSA) is 95.3 Å². The molecular weight excluding hydrogens is 222 g/mol. The van der Waals surface area contributed by atoms with Crippen LogP contribution < -0.4 is 4.74 Å². The van der Waals surface area contributed by atoms with Crippen LogP contribution in [0, 0.1) is 0 Å². The Balaban J connectivity index is 2.86. The summed E-state index contributed by atoms with van der Waals surface area (Å²) in [5.74, 6) is -0.553. The normalized spacial score (nSPS) is 10.5. The Bertz CT molecular complexity index is 486. The number of azide groups is 1. The molecule has 17 heavy (non-hydrogen) atoms. The first-order valence-electron chi connectivity index (χ1n) is 4.79. The molecule has 0 fully saturated rings. The fourth-order valence-electron chi connectivity index (χ4n) is 1.23. The molecular formula is C11H11N3O3. The van der Waals surface area contributed by atoms with Gasteiger partial charge in [0.25, 0.3) is 0 Å². The van der Waals surface area contributed by atoms with Gasteiger partial charge in [-0.1, -0.05) is 23.3 Å². The average molecular weight is 233 g/mol. The lowest BCUT2D eigenvalue weighted by molar-refractivity contribution is -0.132. The number of rotatable bonds is 5. The number of methoxy groups -OCH3 is 1. The minimum absolute atomic E-state index is 0.310. The molecule has 0 saturated carbocycles. The minimum atomic E-state index is -1.24. The number of carbonyl (C=O) groups is 1. The van der Waals surface area contributed by atoms with E-state index >= 15 is 0 Å². The Hall–Kier alpha value is -2.46. The fraction of sp³-hybridized carbons (Fsp3) is 0.182. The van der Waals surface area contributed by atoms with E-state index in [0.717, 1.165) is 5.56 Å². The number of carboxylic acid groups (broad SMARTS) is 1. The van der Waals surface area contributed by atoms with Gasteiger partial charge in [0.05, 0.1) is 7.11 Å². The summed E-state index contributed by atoms with van der Waals surface area (Å²) in [6.45, 7) is 0. The summed E-state index contributed by atoms with van der Waals surface area (Å²) in [5.41, 5.74) is 8.76. The van der Waals surface area contributed by atoms with Gasteiger partial charge in [0.15, 0.2) is 0 Å². The van der Waals surface area contributed by atoms with Crippen LogP contribution in [0.15, 0.2) is 41.2 Å². The van der Waals surface area contributed by atoms with Crippen molar-refractivity contribution in [1.29, 1.82) is 0 Å². The van der Waals surface area contributed by atoms with Gasteiger partial charge >= 0.3 is 5.97 Å². The van der Waals surface area contributed by atoms with E-state index < -0.39 is 5.97 Å². The van der Waals surface area contributed by atoms with Crippen molar-refractivity contribution >= 4 is 5.97 Å². The molecule has 0 saturated heterocycles. The predicted molar refractivity (Wildman–Crippen MR) is 61.6 cm³/mol. The molecule has 0 amide bonds. The molecule has 0 spiro atoms. The molecule has 88 valence electrons. The highest BCUT2D eigenvalue weighted by atomic mass is 16.5. The molecule has 0 aromatic heterocycles. The number of carboxylic acids is 1. The van der Waals surface area contributed by atoms with Crippen molar-refractivity contribution in [2.24, 2.45) is 5.11 Å². The highest BCUT2D eigenvalue weighted by molar-refractivity contribution is 5.86. The third-order valence-corrected chi connectivity index (χ3v) is 2.04. The highest BCUT2D eigenvalue weighted by Crippen LogP contribution is 2.14. The average Bonchev–Trinajstić information content (AvgIpc) is 2.34. The number of nitrogens with zero attached hydrogens (tertiary/aromatic N) is 3. The van der Waals surface area contributed by atoms with Crippen LogP contribution in [-0.4, -0.2) is 18.2 Å². The molecule has 0 aliphatic heterocycles. The number of hydrogen-bond acceptors (Lipinski definition) is 3. The van der Waals surface area contributed by atoms with Gasteiger partial charge in [0.2, 0.25) is 0 Å². The van der Waals surface area contributed by atoms with E-state index in [1.54, 1.807) is 25.3 Å². The molecule has 1 aromatic rings. The summed E-state index contributed by atoms with van der Waals surface area (Å²) in [6.07, 6.45) is 1.72. The molecule has 1 rings (SSSR count). The van der Waals surface area contributed by atoms with Crippen molar-refractivity contribution in [3.05, 3.63) is 52.0 Å². The lowest BCUT2D eigenvalue weighted by Crippen LogP contribution is -1.97. The highest BCUT2D eigenvalue weighted by Gasteiger charge is 2.03. The van der Waals surface area contributed by atoms with Crippen LogP contribution in [0.1, 0.15) is 5.56 Å². The summed E-state index contributed by atoms with van der Waals surface area (Å²) in [5, 5.41) is 11.8. The first kappa shape index (κ1) is 12.6. The monoisotopic (exact) mass is 233 g/mol. The van der Waals surface area contributed by atoms with E-state index in [2.05, 4.69) is 10.0 Å². The van der Waals surface area contributed by atoms with Crippen LogP contribution in [0.4, 0.5) is 0 Å². The molecule has 6 heteroatoms. The second-order valence-corrected chi connectivity index (χ2v) is 3.14. The van der Waals surface area contributed by atoms with Crippen LogP contribution in [0.5, 0.6) is 5.75 Å².